The number of likely N-dealkylation sites (tertiary alicyclic amines) is 1. The number of amides is 1. The number of hydrogen-bond acceptors (Lipinski definition) is 3. The Morgan fingerprint density at radius 3 is 2.75 bits per heavy atom. The van der Waals surface area contributed by atoms with Crippen molar-refractivity contribution in [2.24, 2.45) is 0 Å². The van der Waals surface area contributed by atoms with Crippen LogP contribution in [0.4, 0.5) is 0 Å². The average molecular weight is 227 g/mol. The van der Waals surface area contributed by atoms with Gasteiger partial charge < -0.3 is 10.6 Å². The topological polar surface area (TPSA) is 44.4 Å². The van der Waals surface area contributed by atoms with Gasteiger partial charge in [-0.15, -0.1) is 0 Å². The summed E-state index contributed by atoms with van der Waals surface area (Å²) in [6, 6.07) is 0.529. The first-order chi connectivity index (χ1) is 7.51. The van der Waals surface area contributed by atoms with Gasteiger partial charge in [-0.3, -0.25) is 9.69 Å². The predicted octanol–water partition coefficient (Wildman–Crippen LogP) is 0.585. The molecule has 0 aromatic carbocycles. The number of carbonyl (C=O) groups is 1. The van der Waals surface area contributed by atoms with Gasteiger partial charge in [0.1, 0.15) is 0 Å². The van der Waals surface area contributed by atoms with E-state index in [1.165, 1.54) is 19.4 Å². The molecule has 1 atom stereocenters. The minimum Gasteiger partial charge on any atom is -0.353 e. The third kappa shape index (κ3) is 3.19. The van der Waals surface area contributed by atoms with E-state index in [1.807, 2.05) is 20.9 Å². The Hall–Kier alpha value is -0.610. The van der Waals surface area contributed by atoms with Crippen LogP contribution < -0.4 is 10.6 Å². The molecule has 0 saturated carbocycles. The van der Waals surface area contributed by atoms with E-state index in [4.69, 9.17) is 0 Å². The molecule has 0 bridgehead atoms. The summed E-state index contributed by atoms with van der Waals surface area (Å²) in [7, 11) is 1.81. The highest BCUT2D eigenvalue weighted by Crippen LogP contribution is 2.15. The Kier molecular flexibility index (Phi) is 4.74. The monoisotopic (exact) mass is 227 g/mol. The molecule has 2 N–H and O–H groups in total. The highest BCUT2D eigenvalue weighted by Gasteiger charge is 2.28. The summed E-state index contributed by atoms with van der Waals surface area (Å²) in [5.41, 5.74) is -0.477. The lowest BCUT2D eigenvalue weighted by Crippen LogP contribution is -2.53. The summed E-state index contributed by atoms with van der Waals surface area (Å²) in [6.07, 6.45) is 2.46. The highest BCUT2D eigenvalue weighted by molar-refractivity contribution is 5.85. The zero-order chi connectivity index (χ0) is 12.2. The molecule has 0 aromatic heterocycles. The molecule has 4 heteroatoms. The van der Waals surface area contributed by atoms with E-state index < -0.39 is 5.54 Å². The third-order valence-corrected chi connectivity index (χ3v) is 3.60. The van der Waals surface area contributed by atoms with Crippen LogP contribution in [0.15, 0.2) is 0 Å². The van der Waals surface area contributed by atoms with E-state index in [0.29, 0.717) is 6.04 Å². The lowest BCUT2D eigenvalue weighted by molar-refractivity contribution is -0.126. The van der Waals surface area contributed by atoms with Crippen LogP contribution in [0, 0.1) is 0 Å². The van der Waals surface area contributed by atoms with Gasteiger partial charge >= 0.3 is 0 Å². The van der Waals surface area contributed by atoms with Crippen LogP contribution in [-0.4, -0.2) is 49.1 Å². The largest absolute Gasteiger partial charge is 0.353 e. The number of carbonyl (C=O) groups excluding carboxylic acids is 1. The van der Waals surface area contributed by atoms with Crippen molar-refractivity contribution in [3.8, 4) is 0 Å². The number of rotatable bonds is 5. The minimum atomic E-state index is -0.477. The number of hydrogen-bond donors (Lipinski definition) is 2. The fourth-order valence-electron chi connectivity index (χ4n) is 2.09. The van der Waals surface area contributed by atoms with Crippen LogP contribution in [0.2, 0.25) is 0 Å². The normalized spacial score (nSPS) is 22.4. The van der Waals surface area contributed by atoms with Crippen molar-refractivity contribution in [1.82, 2.24) is 15.5 Å². The summed E-state index contributed by atoms with van der Waals surface area (Å²) >= 11 is 0. The van der Waals surface area contributed by atoms with E-state index in [1.54, 1.807) is 0 Å². The molecule has 1 aliphatic rings. The molecule has 0 aliphatic carbocycles. The van der Waals surface area contributed by atoms with Crippen LogP contribution in [0.5, 0.6) is 0 Å². The van der Waals surface area contributed by atoms with Crippen molar-refractivity contribution in [2.45, 2.75) is 45.2 Å². The number of nitrogens with zero attached hydrogens (tertiary/aromatic N) is 1. The molecular weight excluding hydrogens is 202 g/mol. The first-order valence-corrected chi connectivity index (χ1v) is 6.22. The third-order valence-electron chi connectivity index (χ3n) is 3.60. The maximum atomic E-state index is 11.9. The van der Waals surface area contributed by atoms with E-state index in [-0.39, 0.29) is 5.91 Å². The molecule has 0 aromatic rings. The van der Waals surface area contributed by atoms with E-state index >= 15 is 0 Å². The highest BCUT2D eigenvalue weighted by atomic mass is 16.2. The first-order valence-electron chi connectivity index (χ1n) is 6.22. The molecule has 94 valence electrons. The molecule has 1 unspecified atom stereocenters. The standard InChI is InChI=1S/C12H25N3O/c1-5-15-8-6-7-10(15)9-14-11(16)12(2,3)13-4/h10,13H,5-9H2,1-4H3,(H,14,16). The lowest BCUT2D eigenvalue weighted by Gasteiger charge is -2.27. The van der Waals surface area contributed by atoms with Gasteiger partial charge in [0.2, 0.25) is 5.91 Å². The zero-order valence-corrected chi connectivity index (χ0v) is 11.0. The van der Waals surface area contributed by atoms with Crippen molar-refractivity contribution < 1.29 is 4.79 Å². The molecule has 1 heterocycles. The van der Waals surface area contributed by atoms with Crippen LogP contribution >= 0.6 is 0 Å². The Labute approximate surface area is 98.8 Å². The summed E-state index contributed by atoms with van der Waals surface area (Å²) in [4.78, 5) is 14.3. The lowest BCUT2D eigenvalue weighted by atomic mass is 10.0. The SMILES string of the molecule is CCN1CCCC1CNC(=O)C(C)(C)NC. The quantitative estimate of drug-likeness (QED) is 0.722. The van der Waals surface area contributed by atoms with E-state index in [9.17, 15) is 4.79 Å². The number of likely N-dealkylation sites (N-methyl/N-ethyl adjacent to an activating group) is 2. The molecule has 1 amide bonds. The van der Waals surface area contributed by atoms with Crippen molar-refractivity contribution in [2.75, 3.05) is 26.7 Å². The predicted molar refractivity (Wildman–Crippen MR) is 66.4 cm³/mol. The Morgan fingerprint density at radius 2 is 2.19 bits per heavy atom. The molecule has 1 saturated heterocycles. The molecule has 1 rings (SSSR count). The van der Waals surface area contributed by atoms with Crippen LogP contribution in [0.25, 0.3) is 0 Å². The van der Waals surface area contributed by atoms with Gasteiger partial charge in [-0.25, -0.2) is 0 Å². The smallest absolute Gasteiger partial charge is 0.239 e. The van der Waals surface area contributed by atoms with Gasteiger partial charge in [0.15, 0.2) is 0 Å². The summed E-state index contributed by atoms with van der Waals surface area (Å²) < 4.78 is 0. The molecule has 0 radical (unpaired) electrons. The van der Waals surface area contributed by atoms with Crippen molar-refractivity contribution in [3.05, 3.63) is 0 Å². The molecule has 16 heavy (non-hydrogen) atoms. The molecule has 1 aliphatic heterocycles. The second kappa shape index (κ2) is 5.64. The zero-order valence-electron chi connectivity index (χ0n) is 11.0. The van der Waals surface area contributed by atoms with Gasteiger partial charge in [-0.1, -0.05) is 6.92 Å². The Balaban J connectivity index is 2.37. The Bertz CT molecular complexity index is 240. The van der Waals surface area contributed by atoms with Crippen molar-refractivity contribution in [1.29, 1.82) is 0 Å². The molecule has 0 spiro atoms. The van der Waals surface area contributed by atoms with Gasteiger partial charge in [0, 0.05) is 12.6 Å². The molecular formula is C12H25N3O. The second-order valence-corrected chi connectivity index (χ2v) is 5.01. The maximum absolute atomic E-state index is 11.9. The second-order valence-electron chi connectivity index (χ2n) is 5.01. The van der Waals surface area contributed by atoms with Gasteiger partial charge in [-0.05, 0) is 46.8 Å². The summed E-state index contributed by atoms with van der Waals surface area (Å²) in [5, 5.41) is 6.05. The summed E-state index contributed by atoms with van der Waals surface area (Å²) in [5.74, 6) is 0.0814. The molecule has 1 fully saturated rings. The van der Waals surface area contributed by atoms with Crippen LogP contribution in [0.1, 0.15) is 33.6 Å². The number of nitrogens with one attached hydrogen (secondary N) is 2. The van der Waals surface area contributed by atoms with Crippen LogP contribution in [-0.2, 0) is 4.79 Å². The van der Waals surface area contributed by atoms with Gasteiger partial charge in [0.25, 0.3) is 0 Å². The fraction of sp³-hybridized carbons (Fsp3) is 0.917. The molecule has 4 nitrogen and oxygen atoms in total. The fourth-order valence-corrected chi connectivity index (χ4v) is 2.09. The maximum Gasteiger partial charge on any atom is 0.239 e. The summed E-state index contributed by atoms with van der Waals surface area (Å²) in [6.45, 7) is 9.00. The van der Waals surface area contributed by atoms with Crippen molar-refractivity contribution in [3.63, 3.8) is 0 Å². The average Bonchev–Trinajstić information content (AvgIpc) is 2.72. The van der Waals surface area contributed by atoms with Gasteiger partial charge in [-0.2, -0.15) is 0 Å². The van der Waals surface area contributed by atoms with E-state index in [0.717, 1.165) is 13.1 Å². The van der Waals surface area contributed by atoms with E-state index in [2.05, 4.69) is 22.5 Å². The van der Waals surface area contributed by atoms with Gasteiger partial charge in [0.05, 0.1) is 5.54 Å². The first kappa shape index (κ1) is 13.5. The van der Waals surface area contributed by atoms with Crippen molar-refractivity contribution >= 4 is 5.91 Å². The minimum absolute atomic E-state index is 0.0814. The Morgan fingerprint density at radius 1 is 1.50 bits per heavy atom. The van der Waals surface area contributed by atoms with Crippen LogP contribution in [0.3, 0.4) is 0 Å².